The molecule has 1 N–H and O–H groups in total. The number of carbonyl (C=O) groups is 2. The van der Waals surface area contributed by atoms with E-state index in [1.54, 1.807) is 36.4 Å². The van der Waals surface area contributed by atoms with Gasteiger partial charge >= 0.3 is 5.97 Å². The number of carbonyl (C=O) groups excluding carboxylic acids is 1. The molecule has 1 aliphatic rings. The Hall–Kier alpha value is -2.05. The smallest absolute Gasteiger partial charge is 0.312 e. The maximum absolute atomic E-state index is 12.8. The summed E-state index contributed by atoms with van der Waals surface area (Å²) in [6.45, 7) is 2.51. The second-order valence-corrected chi connectivity index (χ2v) is 7.56. The third-order valence-electron chi connectivity index (χ3n) is 4.42. The molecule has 0 radical (unpaired) electrons. The number of aliphatic carboxylic acids is 1. The first-order valence-electron chi connectivity index (χ1n) is 7.98. The van der Waals surface area contributed by atoms with Crippen molar-refractivity contribution < 1.29 is 19.2 Å². The van der Waals surface area contributed by atoms with Gasteiger partial charge in [-0.1, -0.05) is 0 Å². The Morgan fingerprint density at radius 1 is 1.25 bits per heavy atom. The summed E-state index contributed by atoms with van der Waals surface area (Å²) in [5.74, 6) is -0.994. The van der Waals surface area contributed by atoms with E-state index in [1.165, 1.54) is 0 Å². The summed E-state index contributed by atoms with van der Waals surface area (Å²) in [7, 11) is 0. The summed E-state index contributed by atoms with van der Waals surface area (Å²) < 4.78 is 13.6. The molecule has 2 atom stereocenters. The van der Waals surface area contributed by atoms with E-state index in [4.69, 9.17) is 0 Å². The van der Waals surface area contributed by atoms with Crippen LogP contribution in [0.25, 0.3) is 0 Å². The average Bonchev–Trinajstić information content (AvgIpc) is 3.04. The minimum atomic E-state index is -1.04. The van der Waals surface area contributed by atoms with Crippen LogP contribution in [0.15, 0.2) is 41.3 Å². The van der Waals surface area contributed by atoms with Gasteiger partial charge in [-0.15, -0.1) is 0 Å². The summed E-state index contributed by atoms with van der Waals surface area (Å²) >= 11 is -1.04. The van der Waals surface area contributed by atoms with Crippen LogP contribution in [0.2, 0.25) is 0 Å². The van der Waals surface area contributed by atoms with Crippen LogP contribution >= 0.6 is 0 Å². The summed E-state index contributed by atoms with van der Waals surface area (Å²) in [5.41, 5.74) is 1.73. The van der Waals surface area contributed by atoms with Gasteiger partial charge in [0.2, 0.25) is 5.78 Å². The predicted octanol–water partition coefficient (Wildman–Crippen LogP) is 2.81. The van der Waals surface area contributed by atoms with E-state index in [2.05, 4.69) is 0 Å². The van der Waals surface area contributed by atoms with Crippen LogP contribution in [0.5, 0.6) is 0 Å². The van der Waals surface area contributed by atoms with Gasteiger partial charge in [-0.05, 0) is 67.3 Å². The summed E-state index contributed by atoms with van der Waals surface area (Å²) in [5, 5.41) is 9.33. The van der Waals surface area contributed by atoms with Crippen LogP contribution in [0.1, 0.15) is 47.4 Å². The van der Waals surface area contributed by atoms with Gasteiger partial charge in [0, 0.05) is 17.8 Å². The fraction of sp³-hybridized carbons (Fsp3) is 0.333. The van der Waals surface area contributed by atoms with Gasteiger partial charge in [0.05, 0.1) is 11.6 Å². The lowest BCUT2D eigenvalue weighted by Gasteiger charge is -2.23. The SMILES string of the molecule is CC[S+]([O-])c1ccc(C(=O)c2ccc3n2CCCC3C(=O)O)cc1. The summed E-state index contributed by atoms with van der Waals surface area (Å²) in [6.07, 6.45) is 1.35. The standard InChI is InChI=1S/C18H19NO4S/c1-2-24(23)13-7-5-12(6-8-13)17(20)16-10-9-15-14(18(21)22)4-3-11-19(15)16/h5-10,14H,2-4,11H2,1H3,(H,21,22). The minimum absolute atomic E-state index is 0.138. The molecule has 3 rings (SSSR count). The molecule has 0 amide bonds. The normalized spacial score (nSPS) is 18.0. The van der Waals surface area contributed by atoms with Crippen molar-refractivity contribution in [2.24, 2.45) is 0 Å². The first kappa shape index (κ1) is 16.8. The molecular weight excluding hydrogens is 326 g/mol. The van der Waals surface area contributed by atoms with E-state index in [9.17, 15) is 19.2 Å². The van der Waals surface area contributed by atoms with E-state index in [0.29, 0.717) is 40.6 Å². The predicted molar refractivity (Wildman–Crippen MR) is 90.9 cm³/mol. The molecule has 0 saturated heterocycles. The van der Waals surface area contributed by atoms with Gasteiger partial charge in [0.25, 0.3) is 0 Å². The molecule has 2 aromatic rings. The third kappa shape index (κ3) is 2.99. The average molecular weight is 345 g/mol. The number of aromatic nitrogens is 1. The van der Waals surface area contributed by atoms with Gasteiger partial charge in [-0.2, -0.15) is 0 Å². The molecule has 24 heavy (non-hydrogen) atoms. The molecule has 1 aromatic heterocycles. The molecule has 2 heterocycles. The van der Waals surface area contributed by atoms with Gasteiger partial charge in [-0.25, -0.2) is 0 Å². The van der Waals surface area contributed by atoms with Crippen molar-refractivity contribution in [3.63, 3.8) is 0 Å². The fourth-order valence-corrected chi connectivity index (χ4v) is 3.93. The second-order valence-electron chi connectivity index (χ2n) is 5.82. The number of hydrogen-bond acceptors (Lipinski definition) is 3. The molecule has 6 heteroatoms. The molecule has 0 fully saturated rings. The summed E-state index contributed by atoms with van der Waals surface area (Å²) in [6, 6.07) is 10.2. The lowest BCUT2D eigenvalue weighted by atomic mass is 9.96. The lowest BCUT2D eigenvalue weighted by Crippen LogP contribution is -2.23. The minimum Gasteiger partial charge on any atom is -0.611 e. The van der Waals surface area contributed by atoms with Crippen molar-refractivity contribution in [3.8, 4) is 0 Å². The van der Waals surface area contributed by atoms with E-state index < -0.39 is 23.1 Å². The van der Waals surface area contributed by atoms with Crippen LogP contribution in [-0.4, -0.2) is 31.7 Å². The molecule has 5 nitrogen and oxygen atoms in total. The zero-order valence-corrected chi connectivity index (χ0v) is 14.2. The van der Waals surface area contributed by atoms with Gasteiger partial charge in [0.1, 0.15) is 5.75 Å². The summed E-state index contributed by atoms with van der Waals surface area (Å²) in [4.78, 5) is 24.8. The molecular formula is C18H19NO4S. The highest BCUT2D eigenvalue weighted by Crippen LogP contribution is 2.30. The monoisotopic (exact) mass is 345 g/mol. The van der Waals surface area contributed by atoms with Crippen molar-refractivity contribution in [2.75, 3.05) is 5.75 Å². The van der Waals surface area contributed by atoms with Gasteiger partial charge in [-0.3, -0.25) is 9.59 Å². The molecule has 0 saturated carbocycles. The second kappa shape index (κ2) is 6.83. The number of fused-ring (bicyclic) bond motifs is 1. The van der Waals surface area contributed by atoms with Gasteiger partial charge in [0.15, 0.2) is 4.90 Å². The van der Waals surface area contributed by atoms with Crippen molar-refractivity contribution in [1.29, 1.82) is 0 Å². The van der Waals surface area contributed by atoms with Crippen molar-refractivity contribution in [1.82, 2.24) is 4.57 Å². The molecule has 0 bridgehead atoms. The Bertz CT molecular complexity index is 766. The first-order chi connectivity index (χ1) is 11.5. The molecule has 126 valence electrons. The van der Waals surface area contributed by atoms with Crippen LogP contribution in [0.4, 0.5) is 0 Å². The number of carboxylic acids is 1. The highest BCUT2D eigenvalue weighted by Gasteiger charge is 2.29. The number of hydrogen-bond donors (Lipinski definition) is 1. The number of rotatable bonds is 5. The maximum Gasteiger partial charge on any atom is 0.312 e. The molecule has 0 spiro atoms. The Morgan fingerprint density at radius 3 is 2.58 bits per heavy atom. The Morgan fingerprint density at radius 2 is 1.96 bits per heavy atom. The lowest BCUT2D eigenvalue weighted by molar-refractivity contribution is -0.139. The van der Waals surface area contributed by atoms with E-state index in [0.717, 1.165) is 6.42 Å². The van der Waals surface area contributed by atoms with E-state index in [-0.39, 0.29) is 5.78 Å². The van der Waals surface area contributed by atoms with Gasteiger partial charge < -0.3 is 14.2 Å². The highest BCUT2D eigenvalue weighted by atomic mass is 32.2. The number of benzene rings is 1. The molecule has 1 aliphatic heterocycles. The molecule has 0 aliphatic carbocycles. The Balaban J connectivity index is 1.90. The molecule has 1 aromatic carbocycles. The number of carboxylic acid groups (broad SMARTS) is 1. The fourth-order valence-electron chi connectivity index (χ4n) is 3.16. The Kier molecular flexibility index (Phi) is 4.78. The zero-order chi connectivity index (χ0) is 17.3. The van der Waals surface area contributed by atoms with Crippen molar-refractivity contribution >= 4 is 22.9 Å². The number of ketones is 1. The maximum atomic E-state index is 12.8. The van der Waals surface area contributed by atoms with E-state index in [1.807, 2.05) is 11.5 Å². The molecule has 2 unspecified atom stereocenters. The van der Waals surface area contributed by atoms with Crippen LogP contribution < -0.4 is 0 Å². The van der Waals surface area contributed by atoms with Crippen molar-refractivity contribution in [3.05, 3.63) is 53.3 Å². The van der Waals surface area contributed by atoms with E-state index >= 15 is 0 Å². The van der Waals surface area contributed by atoms with Crippen LogP contribution in [0.3, 0.4) is 0 Å². The van der Waals surface area contributed by atoms with Crippen LogP contribution in [-0.2, 0) is 22.5 Å². The third-order valence-corrected chi connectivity index (χ3v) is 5.74. The number of nitrogens with zero attached hydrogens (tertiary/aromatic N) is 1. The highest BCUT2D eigenvalue weighted by molar-refractivity contribution is 7.91. The van der Waals surface area contributed by atoms with Crippen molar-refractivity contribution in [2.45, 2.75) is 37.1 Å². The largest absolute Gasteiger partial charge is 0.611 e. The Labute approximate surface area is 143 Å². The topological polar surface area (TPSA) is 82.4 Å². The quantitative estimate of drug-likeness (QED) is 0.667. The zero-order valence-electron chi connectivity index (χ0n) is 13.4. The first-order valence-corrected chi connectivity index (χ1v) is 9.30. The van der Waals surface area contributed by atoms with Crippen LogP contribution in [0, 0.1) is 0 Å².